The first-order chi connectivity index (χ1) is 17.9. The zero-order chi connectivity index (χ0) is 26.1. The lowest BCUT2D eigenvalue weighted by Crippen LogP contribution is -2.45. The third kappa shape index (κ3) is 4.58. The van der Waals surface area contributed by atoms with Crippen molar-refractivity contribution < 1.29 is 14.3 Å². The molecule has 0 saturated carbocycles. The molecule has 0 aliphatic carbocycles. The zero-order valence-electron chi connectivity index (χ0n) is 20.6. The highest BCUT2D eigenvalue weighted by atomic mass is 32.1. The second kappa shape index (κ2) is 10.3. The second-order valence-corrected chi connectivity index (χ2v) is 10.3. The smallest absolute Gasteiger partial charge is 0.328 e. The number of esters is 1. The van der Waals surface area contributed by atoms with Crippen molar-refractivity contribution in [3.63, 3.8) is 0 Å². The summed E-state index contributed by atoms with van der Waals surface area (Å²) >= 11 is 1.17. The Morgan fingerprint density at radius 3 is 2.78 bits per heavy atom. The summed E-state index contributed by atoms with van der Waals surface area (Å²) in [5.41, 5.74) is 7.81. The molecule has 10 nitrogen and oxygen atoms in total. The molecule has 0 bridgehead atoms. The molecule has 192 valence electrons. The summed E-state index contributed by atoms with van der Waals surface area (Å²) in [5, 5.41) is 11.2. The number of ether oxygens (including phenoxy) is 1. The molecule has 2 aliphatic heterocycles. The number of methoxy groups -OCH3 is 1. The molecule has 2 aromatic heterocycles. The molecule has 2 N–H and O–H groups in total. The second-order valence-electron chi connectivity index (χ2n) is 9.43. The molecule has 4 heterocycles. The fourth-order valence-corrected chi connectivity index (χ4v) is 6.13. The van der Waals surface area contributed by atoms with Crippen molar-refractivity contribution in [3.8, 4) is 6.07 Å². The maximum atomic E-state index is 13.8. The van der Waals surface area contributed by atoms with Crippen LogP contribution in [0.25, 0.3) is 10.2 Å². The van der Waals surface area contributed by atoms with Crippen molar-refractivity contribution in [2.45, 2.75) is 44.3 Å². The molecule has 2 atom stereocenters. The minimum atomic E-state index is -0.644. The number of likely N-dealkylation sites (tertiary alicyclic amines) is 1. The van der Waals surface area contributed by atoms with Gasteiger partial charge in [-0.15, -0.1) is 11.3 Å². The molecular weight excluding hydrogens is 492 g/mol. The normalized spacial score (nSPS) is 19.7. The van der Waals surface area contributed by atoms with E-state index < -0.39 is 12.0 Å². The molecule has 2 aliphatic rings. The van der Waals surface area contributed by atoms with E-state index in [4.69, 9.17) is 15.5 Å². The van der Waals surface area contributed by atoms with Gasteiger partial charge < -0.3 is 20.3 Å². The number of rotatable bonds is 5. The van der Waals surface area contributed by atoms with E-state index >= 15 is 0 Å². The largest absolute Gasteiger partial charge is 0.467 e. The number of benzene rings is 1. The van der Waals surface area contributed by atoms with Gasteiger partial charge in [-0.2, -0.15) is 5.26 Å². The highest BCUT2D eigenvalue weighted by Gasteiger charge is 2.37. The first kappa shape index (κ1) is 24.9. The predicted octanol–water partition coefficient (Wildman–Crippen LogP) is 2.08. The minimum Gasteiger partial charge on any atom is -0.467 e. The molecule has 0 spiro atoms. The molecular formula is C26H28N6O4S. The van der Waals surface area contributed by atoms with Gasteiger partial charge in [-0.1, -0.05) is 18.2 Å². The minimum absolute atomic E-state index is 0.0600. The molecule has 2 fully saturated rings. The number of nitrogens with zero attached hydrogens (tertiary/aromatic N) is 5. The first-order valence-corrected chi connectivity index (χ1v) is 13.2. The Morgan fingerprint density at radius 2 is 2.03 bits per heavy atom. The van der Waals surface area contributed by atoms with E-state index in [1.165, 1.54) is 23.3 Å². The average molecular weight is 521 g/mol. The number of hydrogen-bond acceptors (Lipinski definition) is 9. The van der Waals surface area contributed by atoms with Gasteiger partial charge in [-0.05, 0) is 37.3 Å². The van der Waals surface area contributed by atoms with E-state index in [1.807, 2.05) is 17.0 Å². The predicted molar refractivity (Wildman–Crippen MR) is 140 cm³/mol. The lowest BCUT2D eigenvalue weighted by molar-refractivity contribution is -0.145. The number of carbonyl (C=O) groups is 2. The number of anilines is 1. The van der Waals surface area contributed by atoms with Crippen molar-refractivity contribution in [2.75, 3.05) is 31.6 Å². The van der Waals surface area contributed by atoms with Gasteiger partial charge in [-0.25, -0.2) is 9.78 Å². The summed E-state index contributed by atoms with van der Waals surface area (Å²) in [4.78, 5) is 48.1. The number of nitrogens with two attached hydrogens (primary N) is 1. The highest BCUT2D eigenvalue weighted by molar-refractivity contribution is 7.17. The summed E-state index contributed by atoms with van der Waals surface area (Å²) < 4.78 is 6.83. The number of thiophene rings is 1. The summed E-state index contributed by atoms with van der Waals surface area (Å²) in [6.07, 6.45) is 2.97. The third-order valence-corrected chi connectivity index (χ3v) is 8.04. The van der Waals surface area contributed by atoms with E-state index in [1.54, 1.807) is 22.1 Å². The number of hydrogen-bond donors (Lipinski definition) is 1. The molecule has 2 saturated heterocycles. The van der Waals surface area contributed by atoms with E-state index in [2.05, 4.69) is 6.07 Å². The van der Waals surface area contributed by atoms with E-state index in [0.717, 1.165) is 12.8 Å². The molecule has 3 aromatic rings. The van der Waals surface area contributed by atoms with Crippen LogP contribution in [0.3, 0.4) is 0 Å². The third-order valence-electron chi connectivity index (χ3n) is 7.08. The summed E-state index contributed by atoms with van der Waals surface area (Å²) in [5.74, 6) is -0.349. The van der Waals surface area contributed by atoms with Crippen molar-refractivity contribution in [1.29, 1.82) is 5.26 Å². The van der Waals surface area contributed by atoms with Crippen molar-refractivity contribution in [1.82, 2.24) is 14.5 Å². The van der Waals surface area contributed by atoms with Crippen LogP contribution in [0, 0.1) is 11.3 Å². The van der Waals surface area contributed by atoms with Crippen molar-refractivity contribution >= 4 is 39.4 Å². The van der Waals surface area contributed by atoms with Gasteiger partial charge >= 0.3 is 5.97 Å². The summed E-state index contributed by atoms with van der Waals surface area (Å²) in [6.45, 7) is 1.81. The maximum absolute atomic E-state index is 13.8. The zero-order valence-corrected chi connectivity index (χ0v) is 21.4. The quantitative estimate of drug-likeness (QED) is 0.506. The molecule has 1 aromatic carbocycles. The molecule has 11 heteroatoms. The SMILES string of the molecule is COC(=O)C1CCCN1C(=O)c1csc2c(=O)n(Cc3ccccc3C#N)c(N3CCCC(N)C3)nc12. The monoisotopic (exact) mass is 520 g/mol. The van der Waals surface area contributed by atoms with Gasteiger partial charge in [-0.3, -0.25) is 14.2 Å². The topological polar surface area (TPSA) is 135 Å². The van der Waals surface area contributed by atoms with Crippen LogP contribution >= 0.6 is 11.3 Å². The Kier molecular flexibility index (Phi) is 6.95. The van der Waals surface area contributed by atoms with Crippen LogP contribution in [-0.4, -0.2) is 65.2 Å². The van der Waals surface area contributed by atoms with Crippen LogP contribution in [0.1, 0.15) is 47.2 Å². The molecule has 5 rings (SSSR count). The number of fused-ring (bicyclic) bond motifs is 1. The van der Waals surface area contributed by atoms with Crippen molar-refractivity contribution in [2.24, 2.45) is 5.73 Å². The van der Waals surface area contributed by atoms with Gasteiger partial charge in [0, 0.05) is 31.1 Å². The average Bonchev–Trinajstić information content (AvgIpc) is 3.57. The van der Waals surface area contributed by atoms with E-state index in [-0.39, 0.29) is 24.1 Å². The van der Waals surface area contributed by atoms with Gasteiger partial charge in [0.1, 0.15) is 16.3 Å². The summed E-state index contributed by atoms with van der Waals surface area (Å²) in [6, 6.07) is 8.65. The standard InChI is InChI=1S/C26H28N6O4S/c1-36-25(35)20-9-5-11-31(20)23(33)19-15-37-22-21(19)29-26(30-10-4-8-18(28)14-30)32(24(22)34)13-17-7-3-2-6-16(17)12-27/h2-3,6-7,15,18,20H,4-5,8-11,13-14,28H2,1H3. The van der Waals surface area contributed by atoms with Crippen LogP contribution in [-0.2, 0) is 16.1 Å². The van der Waals surface area contributed by atoms with Gasteiger partial charge in [0.05, 0.1) is 30.9 Å². The lowest BCUT2D eigenvalue weighted by Gasteiger charge is -2.33. The van der Waals surface area contributed by atoms with Crippen molar-refractivity contribution in [3.05, 3.63) is 56.7 Å². The number of piperidine rings is 1. The van der Waals surface area contributed by atoms with Gasteiger partial charge in [0.15, 0.2) is 0 Å². The van der Waals surface area contributed by atoms with E-state index in [9.17, 15) is 19.6 Å². The molecule has 1 amide bonds. The van der Waals surface area contributed by atoms with Gasteiger partial charge in [0.2, 0.25) is 5.95 Å². The first-order valence-electron chi connectivity index (χ1n) is 12.3. The molecule has 0 radical (unpaired) electrons. The van der Waals surface area contributed by atoms with Crippen LogP contribution in [0.2, 0.25) is 0 Å². The van der Waals surface area contributed by atoms with E-state index in [0.29, 0.717) is 65.3 Å². The Bertz CT molecular complexity index is 1460. The van der Waals surface area contributed by atoms with Crippen LogP contribution < -0.4 is 16.2 Å². The Hall–Kier alpha value is -3.75. The van der Waals surface area contributed by atoms with Crippen LogP contribution in [0.5, 0.6) is 0 Å². The van der Waals surface area contributed by atoms with Crippen LogP contribution in [0.4, 0.5) is 5.95 Å². The number of carbonyl (C=O) groups excluding carboxylic acids is 2. The maximum Gasteiger partial charge on any atom is 0.328 e. The van der Waals surface area contributed by atoms with Crippen LogP contribution in [0.15, 0.2) is 34.4 Å². The lowest BCUT2D eigenvalue weighted by atomic mass is 10.1. The molecule has 37 heavy (non-hydrogen) atoms. The summed E-state index contributed by atoms with van der Waals surface area (Å²) in [7, 11) is 1.31. The molecule has 2 unspecified atom stereocenters. The fraction of sp³-hybridized carbons (Fsp3) is 0.423. The number of aromatic nitrogens is 2. The van der Waals surface area contributed by atoms with Gasteiger partial charge in [0.25, 0.3) is 11.5 Å². The highest BCUT2D eigenvalue weighted by Crippen LogP contribution is 2.29. The Labute approximate surface area is 217 Å². The fourth-order valence-electron chi connectivity index (χ4n) is 5.20. The Balaban J connectivity index is 1.63. The number of amides is 1. The Morgan fingerprint density at radius 1 is 1.24 bits per heavy atom. The number of nitriles is 1.